The summed E-state index contributed by atoms with van der Waals surface area (Å²) in [5, 5.41) is 6.83. The smallest absolute Gasteiger partial charge is 0.252 e. The number of amides is 1. The van der Waals surface area contributed by atoms with Gasteiger partial charge in [-0.25, -0.2) is 4.39 Å². The number of benzene rings is 1. The summed E-state index contributed by atoms with van der Waals surface area (Å²) in [4.78, 5) is 12.0. The molecule has 1 amide bonds. The Kier molecular flexibility index (Phi) is 3.84. The van der Waals surface area contributed by atoms with Gasteiger partial charge in [-0.2, -0.15) is 5.10 Å². The molecule has 0 saturated heterocycles. The van der Waals surface area contributed by atoms with Crippen LogP contribution in [0, 0.1) is 5.82 Å². The minimum absolute atomic E-state index is 0.0637. The summed E-state index contributed by atoms with van der Waals surface area (Å²) in [7, 11) is 1.79. The summed E-state index contributed by atoms with van der Waals surface area (Å²) in [6, 6.07) is 4.27. The molecule has 7 heteroatoms. The molecule has 1 aromatic carbocycles. The van der Waals surface area contributed by atoms with Crippen LogP contribution in [0.1, 0.15) is 16.1 Å². The average molecular weight is 327 g/mol. The minimum atomic E-state index is -0.562. The van der Waals surface area contributed by atoms with Crippen LogP contribution in [0.25, 0.3) is 0 Å². The third-order valence-electron chi connectivity index (χ3n) is 2.53. The number of carbonyl (C=O) groups is 1. The van der Waals surface area contributed by atoms with Gasteiger partial charge >= 0.3 is 0 Å². The highest BCUT2D eigenvalue weighted by Crippen LogP contribution is 2.22. The normalized spacial score (nSPS) is 10.5. The zero-order valence-corrected chi connectivity index (χ0v) is 11.7. The van der Waals surface area contributed by atoms with Crippen molar-refractivity contribution in [3.05, 3.63) is 45.9 Å². The van der Waals surface area contributed by atoms with Crippen LogP contribution in [-0.4, -0.2) is 15.7 Å². The molecular weight excluding hydrogens is 315 g/mol. The van der Waals surface area contributed by atoms with Crippen LogP contribution in [0.3, 0.4) is 0 Å². The number of hydrogen-bond donors (Lipinski definition) is 2. The van der Waals surface area contributed by atoms with Crippen LogP contribution < -0.4 is 11.1 Å². The summed E-state index contributed by atoms with van der Waals surface area (Å²) in [6.45, 7) is 0.295. The van der Waals surface area contributed by atoms with Crippen LogP contribution in [-0.2, 0) is 13.6 Å². The Morgan fingerprint density at radius 3 is 2.95 bits per heavy atom. The summed E-state index contributed by atoms with van der Waals surface area (Å²) >= 11 is 3.14. The minimum Gasteiger partial charge on any atom is -0.396 e. The number of rotatable bonds is 3. The second kappa shape index (κ2) is 5.40. The van der Waals surface area contributed by atoms with E-state index in [0.717, 1.165) is 5.69 Å². The Labute approximate surface area is 117 Å². The van der Waals surface area contributed by atoms with Crippen LogP contribution in [0.5, 0.6) is 0 Å². The molecule has 0 aliphatic rings. The quantitative estimate of drug-likeness (QED) is 0.845. The highest BCUT2D eigenvalue weighted by atomic mass is 79.9. The van der Waals surface area contributed by atoms with E-state index in [1.807, 2.05) is 0 Å². The van der Waals surface area contributed by atoms with Gasteiger partial charge in [-0.05, 0) is 34.1 Å². The number of nitrogens with one attached hydrogen (secondary N) is 1. The number of aromatic nitrogens is 2. The van der Waals surface area contributed by atoms with Crippen LogP contribution in [0.2, 0.25) is 0 Å². The fraction of sp³-hybridized carbons (Fsp3) is 0.167. The van der Waals surface area contributed by atoms with Crippen molar-refractivity contribution in [3.63, 3.8) is 0 Å². The largest absolute Gasteiger partial charge is 0.396 e. The summed E-state index contributed by atoms with van der Waals surface area (Å²) in [6.07, 6.45) is 1.79. The number of nitrogen functional groups attached to an aromatic ring is 1. The monoisotopic (exact) mass is 326 g/mol. The molecule has 0 saturated carbocycles. The molecule has 0 radical (unpaired) electrons. The molecular formula is C12H12BrFN4O. The van der Waals surface area contributed by atoms with Crippen LogP contribution in [0.4, 0.5) is 10.1 Å². The molecule has 2 rings (SSSR count). The Hall–Kier alpha value is -1.89. The lowest BCUT2D eigenvalue weighted by molar-refractivity contribution is 0.0949. The Balaban J connectivity index is 2.10. The van der Waals surface area contributed by atoms with Gasteiger partial charge in [-0.15, -0.1) is 0 Å². The first kappa shape index (κ1) is 13.5. The Morgan fingerprint density at radius 1 is 1.58 bits per heavy atom. The van der Waals surface area contributed by atoms with Crippen LogP contribution in [0.15, 0.2) is 28.9 Å². The molecule has 3 N–H and O–H groups in total. The third kappa shape index (κ3) is 3.11. The second-order valence-electron chi connectivity index (χ2n) is 4.02. The second-order valence-corrected chi connectivity index (χ2v) is 4.87. The van der Waals surface area contributed by atoms with Gasteiger partial charge in [0.15, 0.2) is 0 Å². The van der Waals surface area contributed by atoms with E-state index in [-0.39, 0.29) is 17.2 Å². The number of nitrogens with two attached hydrogens (primary N) is 1. The Bertz CT molecular complexity index is 626. The lowest BCUT2D eigenvalue weighted by Crippen LogP contribution is -2.23. The average Bonchev–Trinajstić information content (AvgIpc) is 2.77. The molecule has 1 heterocycles. The van der Waals surface area contributed by atoms with Gasteiger partial charge in [0.25, 0.3) is 5.91 Å². The van der Waals surface area contributed by atoms with Crippen molar-refractivity contribution in [1.29, 1.82) is 0 Å². The van der Waals surface area contributed by atoms with Gasteiger partial charge in [-0.3, -0.25) is 9.48 Å². The fourth-order valence-corrected chi connectivity index (χ4v) is 2.06. The third-order valence-corrected chi connectivity index (χ3v) is 3.19. The number of hydrogen-bond acceptors (Lipinski definition) is 3. The molecule has 0 aliphatic heterocycles. The molecule has 19 heavy (non-hydrogen) atoms. The predicted molar refractivity (Wildman–Crippen MR) is 72.9 cm³/mol. The van der Waals surface area contributed by atoms with Gasteiger partial charge in [-0.1, -0.05) is 0 Å². The van der Waals surface area contributed by atoms with Gasteiger partial charge in [0.05, 0.1) is 23.5 Å². The van der Waals surface area contributed by atoms with Gasteiger partial charge < -0.3 is 11.1 Å². The van der Waals surface area contributed by atoms with E-state index in [2.05, 4.69) is 26.3 Å². The number of nitrogens with zero attached hydrogens (tertiary/aromatic N) is 2. The lowest BCUT2D eigenvalue weighted by atomic mass is 10.2. The molecule has 0 aliphatic carbocycles. The van der Waals surface area contributed by atoms with E-state index in [0.29, 0.717) is 11.0 Å². The molecule has 1 aromatic heterocycles. The van der Waals surface area contributed by atoms with Gasteiger partial charge in [0.2, 0.25) is 0 Å². The van der Waals surface area contributed by atoms with Crippen molar-refractivity contribution in [2.24, 2.45) is 7.05 Å². The number of anilines is 1. The molecule has 0 spiro atoms. The number of carbonyl (C=O) groups excluding carboxylic acids is 1. The highest BCUT2D eigenvalue weighted by Gasteiger charge is 2.13. The maximum absolute atomic E-state index is 13.2. The van der Waals surface area contributed by atoms with E-state index >= 15 is 0 Å². The van der Waals surface area contributed by atoms with Gasteiger partial charge in [0, 0.05) is 17.7 Å². The molecule has 0 fully saturated rings. The van der Waals surface area contributed by atoms with E-state index in [1.54, 1.807) is 24.0 Å². The van der Waals surface area contributed by atoms with E-state index in [1.165, 1.54) is 12.1 Å². The van der Waals surface area contributed by atoms with E-state index < -0.39 is 5.82 Å². The number of aryl methyl sites for hydroxylation is 1. The first-order chi connectivity index (χ1) is 8.97. The van der Waals surface area contributed by atoms with Crippen molar-refractivity contribution in [2.75, 3.05) is 5.73 Å². The van der Waals surface area contributed by atoms with Crippen molar-refractivity contribution in [3.8, 4) is 0 Å². The maximum atomic E-state index is 13.2. The molecule has 2 aromatic rings. The summed E-state index contributed by atoms with van der Waals surface area (Å²) < 4.78 is 15.2. The predicted octanol–water partition coefficient (Wildman–Crippen LogP) is 1.83. The van der Waals surface area contributed by atoms with Crippen LogP contribution >= 0.6 is 15.9 Å². The van der Waals surface area contributed by atoms with Crippen molar-refractivity contribution < 1.29 is 9.18 Å². The van der Waals surface area contributed by atoms with Crippen molar-refractivity contribution >= 4 is 27.5 Å². The lowest BCUT2D eigenvalue weighted by Gasteiger charge is -2.07. The topological polar surface area (TPSA) is 72.9 Å². The Morgan fingerprint density at radius 2 is 2.32 bits per heavy atom. The first-order valence-electron chi connectivity index (χ1n) is 5.48. The fourth-order valence-electron chi connectivity index (χ4n) is 1.56. The van der Waals surface area contributed by atoms with E-state index in [4.69, 9.17) is 5.73 Å². The zero-order chi connectivity index (χ0) is 14.0. The van der Waals surface area contributed by atoms with Crippen molar-refractivity contribution in [1.82, 2.24) is 15.1 Å². The molecule has 0 atom stereocenters. The summed E-state index contributed by atoms with van der Waals surface area (Å²) in [5.74, 6) is -0.905. The maximum Gasteiger partial charge on any atom is 0.252 e. The van der Waals surface area contributed by atoms with Gasteiger partial charge in [0.1, 0.15) is 5.82 Å². The molecule has 0 unspecified atom stereocenters. The standard InChI is InChI=1S/C12H12BrFN4O/c1-18-3-2-7(17-18)6-16-12(19)8-4-11(15)10(14)5-9(8)13/h2-5H,6,15H2,1H3,(H,16,19). The molecule has 100 valence electrons. The highest BCUT2D eigenvalue weighted by molar-refractivity contribution is 9.10. The molecule has 0 bridgehead atoms. The van der Waals surface area contributed by atoms with E-state index in [9.17, 15) is 9.18 Å². The summed E-state index contributed by atoms with van der Waals surface area (Å²) in [5.41, 5.74) is 6.41. The van der Waals surface area contributed by atoms with Crippen molar-refractivity contribution in [2.45, 2.75) is 6.54 Å². The zero-order valence-electron chi connectivity index (χ0n) is 10.2. The SMILES string of the molecule is Cn1ccc(CNC(=O)c2cc(N)c(F)cc2Br)n1. The number of halogens is 2. The molecule has 5 nitrogen and oxygen atoms in total. The first-order valence-corrected chi connectivity index (χ1v) is 6.28.